The normalized spacial score (nSPS) is 39.6. The minimum absolute atomic E-state index is 0.489. The maximum atomic E-state index is 10.7. The van der Waals surface area contributed by atoms with Gasteiger partial charge in [-0.15, -0.1) is 0 Å². The molecular formula is C11H17N3O. The van der Waals surface area contributed by atoms with Crippen LogP contribution in [0.2, 0.25) is 0 Å². The zero-order valence-corrected chi connectivity index (χ0v) is 8.98. The summed E-state index contributed by atoms with van der Waals surface area (Å²) in [6.45, 7) is 0. The number of piperidine rings is 1. The van der Waals surface area contributed by atoms with Crippen molar-refractivity contribution in [1.29, 1.82) is 0 Å². The fraction of sp³-hybridized carbons (Fsp3) is 0.727. The quantitative estimate of drug-likeness (QED) is 0.706. The Morgan fingerprint density at radius 2 is 2.13 bits per heavy atom. The van der Waals surface area contributed by atoms with Crippen molar-refractivity contribution < 1.29 is 5.11 Å². The molecule has 2 N–H and O–H groups in total. The molecular weight excluding hydrogens is 190 g/mol. The van der Waals surface area contributed by atoms with Crippen LogP contribution in [0.25, 0.3) is 0 Å². The van der Waals surface area contributed by atoms with E-state index < -0.39 is 5.60 Å². The summed E-state index contributed by atoms with van der Waals surface area (Å²) in [6.07, 6.45) is 5.80. The molecule has 0 saturated carbocycles. The first-order valence-electron chi connectivity index (χ1n) is 5.64. The van der Waals surface area contributed by atoms with Gasteiger partial charge in [0.1, 0.15) is 5.60 Å². The first-order valence-corrected chi connectivity index (χ1v) is 5.64. The second-order valence-corrected chi connectivity index (χ2v) is 4.92. The lowest BCUT2D eigenvalue weighted by Gasteiger charge is -2.37. The first kappa shape index (κ1) is 9.36. The highest BCUT2D eigenvalue weighted by molar-refractivity contribution is 5.16. The Hall–Kier alpha value is -0.870. The molecule has 0 aliphatic carbocycles. The number of aromatic nitrogens is 2. The van der Waals surface area contributed by atoms with Crippen LogP contribution in [-0.4, -0.2) is 27.0 Å². The van der Waals surface area contributed by atoms with Crippen LogP contribution < -0.4 is 5.32 Å². The number of nitrogens with one attached hydrogen (secondary N) is 1. The van der Waals surface area contributed by atoms with Gasteiger partial charge in [0, 0.05) is 25.3 Å². The van der Waals surface area contributed by atoms with Crippen LogP contribution in [0.1, 0.15) is 31.4 Å². The van der Waals surface area contributed by atoms with Crippen LogP contribution >= 0.6 is 0 Å². The average Bonchev–Trinajstić information content (AvgIpc) is 2.73. The Balaban J connectivity index is 1.94. The van der Waals surface area contributed by atoms with Gasteiger partial charge in [0.25, 0.3) is 0 Å². The van der Waals surface area contributed by atoms with Crippen molar-refractivity contribution in [3.63, 3.8) is 0 Å². The van der Waals surface area contributed by atoms with Crippen LogP contribution in [0.3, 0.4) is 0 Å². The Bertz CT molecular complexity index is 362. The number of aliphatic hydroxyl groups is 1. The summed E-state index contributed by atoms with van der Waals surface area (Å²) in [7, 11) is 1.90. The van der Waals surface area contributed by atoms with Gasteiger partial charge < -0.3 is 10.4 Å². The molecule has 2 saturated heterocycles. The SMILES string of the molecule is Cn1nccc1C1(O)C[C@H]2CC[C@@H](C1)N2. The molecule has 1 unspecified atom stereocenters. The summed E-state index contributed by atoms with van der Waals surface area (Å²) in [5.41, 5.74) is 0.295. The van der Waals surface area contributed by atoms with Gasteiger partial charge >= 0.3 is 0 Å². The van der Waals surface area contributed by atoms with Gasteiger partial charge in [-0.25, -0.2) is 0 Å². The molecule has 0 amide bonds. The lowest BCUT2D eigenvalue weighted by molar-refractivity contribution is -0.0183. The van der Waals surface area contributed by atoms with Crippen LogP contribution in [0.4, 0.5) is 0 Å². The van der Waals surface area contributed by atoms with Gasteiger partial charge in [0.05, 0.1) is 5.69 Å². The van der Waals surface area contributed by atoms with E-state index in [1.807, 2.05) is 13.1 Å². The van der Waals surface area contributed by atoms with Crippen molar-refractivity contribution in [3.05, 3.63) is 18.0 Å². The fourth-order valence-electron chi connectivity index (χ4n) is 3.16. The van der Waals surface area contributed by atoms with E-state index in [1.54, 1.807) is 10.9 Å². The van der Waals surface area contributed by atoms with E-state index >= 15 is 0 Å². The highest BCUT2D eigenvalue weighted by atomic mass is 16.3. The van der Waals surface area contributed by atoms with Gasteiger partial charge in [0.15, 0.2) is 0 Å². The summed E-state index contributed by atoms with van der Waals surface area (Å²) in [5.74, 6) is 0. The third-order valence-corrected chi connectivity index (χ3v) is 3.80. The van der Waals surface area contributed by atoms with Crippen LogP contribution in [0, 0.1) is 0 Å². The Kier molecular flexibility index (Phi) is 1.91. The number of nitrogens with zero attached hydrogens (tertiary/aromatic N) is 2. The summed E-state index contributed by atoms with van der Waals surface area (Å²) < 4.78 is 1.80. The zero-order chi connectivity index (χ0) is 10.5. The molecule has 3 atom stereocenters. The van der Waals surface area contributed by atoms with Crippen molar-refractivity contribution in [2.75, 3.05) is 0 Å². The number of hydrogen-bond acceptors (Lipinski definition) is 3. The van der Waals surface area contributed by atoms with E-state index in [4.69, 9.17) is 0 Å². The molecule has 2 aliphatic heterocycles. The molecule has 15 heavy (non-hydrogen) atoms. The van der Waals surface area contributed by atoms with Crippen molar-refractivity contribution in [3.8, 4) is 0 Å². The van der Waals surface area contributed by atoms with Crippen molar-refractivity contribution in [1.82, 2.24) is 15.1 Å². The Morgan fingerprint density at radius 3 is 2.67 bits per heavy atom. The molecule has 4 nitrogen and oxygen atoms in total. The molecule has 1 aromatic heterocycles. The number of hydrogen-bond donors (Lipinski definition) is 2. The van der Waals surface area contributed by atoms with E-state index in [-0.39, 0.29) is 0 Å². The summed E-state index contributed by atoms with van der Waals surface area (Å²) >= 11 is 0. The van der Waals surface area contributed by atoms with E-state index in [0.717, 1.165) is 18.5 Å². The van der Waals surface area contributed by atoms with Gasteiger partial charge in [-0.05, 0) is 31.7 Å². The van der Waals surface area contributed by atoms with Crippen LogP contribution in [-0.2, 0) is 12.6 Å². The summed E-state index contributed by atoms with van der Waals surface area (Å²) in [4.78, 5) is 0. The highest BCUT2D eigenvalue weighted by Crippen LogP contribution is 2.40. The maximum Gasteiger partial charge on any atom is 0.109 e. The largest absolute Gasteiger partial charge is 0.383 e. The predicted molar refractivity (Wildman–Crippen MR) is 56.3 cm³/mol. The maximum absolute atomic E-state index is 10.7. The highest BCUT2D eigenvalue weighted by Gasteiger charge is 2.44. The van der Waals surface area contributed by atoms with E-state index in [9.17, 15) is 5.11 Å². The lowest BCUT2D eigenvalue weighted by Crippen LogP contribution is -2.47. The molecule has 82 valence electrons. The topological polar surface area (TPSA) is 50.1 Å². The molecule has 1 aromatic rings. The molecule has 2 aliphatic rings. The summed E-state index contributed by atoms with van der Waals surface area (Å²) in [6, 6.07) is 2.91. The molecule has 0 aromatic carbocycles. The van der Waals surface area contributed by atoms with Crippen molar-refractivity contribution in [2.45, 2.75) is 43.4 Å². The number of aryl methyl sites for hydroxylation is 1. The number of rotatable bonds is 1. The molecule has 0 spiro atoms. The zero-order valence-electron chi connectivity index (χ0n) is 8.98. The first-order chi connectivity index (χ1) is 7.17. The second kappa shape index (κ2) is 3.06. The minimum atomic E-state index is -0.664. The monoisotopic (exact) mass is 207 g/mol. The van der Waals surface area contributed by atoms with Gasteiger partial charge in [-0.3, -0.25) is 4.68 Å². The van der Waals surface area contributed by atoms with Crippen LogP contribution in [0.15, 0.2) is 12.3 Å². The van der Waals surface area contributed by atoms with Crippen molar-refractivity contribution >= 4 is 0 Å². The number of fused-ring (bicyclic) bond motifs is 2. The third-order valence-electron chi connectivity index (χ3n) is 3.80. The van der Waals surface area contributed by atoms with E-state index in [2.05, 4.69) is 10.4 Å². The Morgan fingerprint density at radius 1 is 1.47 bits per heavy atom. The fourth-order valence-corrected chi connectivity index (χ4v) is 3.16. The standard InChI is InChI=1S/C11H17N3O/c1-14-10(4-5-12-14)11(15)6-8-2-3-9(7-11)13-8/h4-5,8-9,13,15H,2-3,6-7H2,1H3/t8-,9+,11?. The van der Waals surface area contributed by atoms with E-state index in [0.29, 0.717) is 12.1 Å². The predicted octanol–water partition coefficient (Wildman–Crippen LogP) is 0.522. The van der Waals surface area contributed by atoms with Gasteiger partial charge in [-0.1, -0.05) is 0 Å². The van der Waals surface area contributed by atoms with Crippen molar-refractivity contribution in [2.24, 2.45) is 7.05 Å². The van der Waals surface area contributed by atoms with E-state index in [1.165, 1.54) is 12.8 Å². The minimum Gasteiger partial charge on any atom is -0.383 e. The Labute approximate surface area is 89.3 Å². The lowest BCUT2D eigenvalue weighted by atomic mass is 9.85. The third kappa shape index (κ3) is 1.40. The average molecular weight is 207 g/mol. The summed E-state index contributed by atoms with van der Waals surface area (Å²) in [5, 5.41) is 18.4. The molecule has 4 heteroatoms. The van der Waals surface area contributed by atoms with Gasteiger partial charge in [0.2, 0.25) is 0 Å². The van der Waals surface area contributed by atoms with Crippen LogP contribution in [0.5, 0.6) is 0 Å². The molecule has 2 bridgehead atoms. The molecule has 0 radical (unpaired) electrons. The smallest absolute Gasteiger partial charge is 0.109 e. The molecule has 2 fully saturated rings. The second-order valence-electron chi connectivity index (χ2n) is 4.92. The molecule has 3 heterocycles. The van der Waals surface area contributed by atoms with Gasteiger partial charge in [-0.2, -0.15) is 5.10 Å². The molecule has 3 rings (SSSR count).